The van der Waals surface area contributed by atoms with Crippen LogP contribution >= 0.6 is 0 Å². The summed E-state index contributed by atoms with van der Waals surface area (Å²) in [4.78, 5) is 26.8. The van der Waals surface area contributed by atoms with Crippen molar-refractivity contribution in [2.75, 3.05) is 13.1 Å². The molecule has 0 aromatic rings. The van der Waals surface area contributed by atoms with Crippen LogP contribution in [0, 0.1) is 11.8 Å². The molecule has 1 aliphatic heterocycles. The summed E-state index contributed by atoms with van der Waals surface area (Å²) >= 11 is 0. The second kappa shape index (κ2) is 9.95. The third kappa shape index (κ3) is 7.77. The predicted molar refractivity (Wildman–Crippen MR) is 103 cm³/mol. The lowest BCUT2D eigenvalue weighted by molar-refractivity contribution is -0.134. The van der Waals surface area contributed by atoms with E-state index in [2.05, 4.69) is 18.8 Å². The number of aliphatic hydroxyl groups excluding tert-OH is 1. The second-order valence-corrected chi connectivity index (χ2v) is 8.53. The average molecular weight is 369 g/mol. The Labute approximate surface area is 158 Å². The van der Waals surface area contributed by atoms with Crippen molar-refractivity contribution in [3.05, 3.63) is 12.7 Å². The lowest BCUT2D eigenvalue weighted by Crippen LogP contribution is -2.52. The van der Waals surface area contributed by atoms with E-state index in [9.17, 15) is 14.7 Å². The lowest BCUT2D eigenvalue weighted by Gasteiger charge is -2.31. The second-order valence-electron chi connectivity index (χ2n) is 8.53. The van der Waals surface area contributed by atoms with E-state index in [4.69, 9.17) is 4.74 Å². The lowest BCUT2D eigenvalue weighted by atomic mass is 9.88. The summed E-state index contributed by atoms with van der Waals surface area (Å²) in [6.45, 7) is 14.1. The van der Waals surface area contributed by atoms with Crippen LogP contribution in [0.5, 0.6) is 0 Å². The van der Waals surface area contributed by atoms with Crippen LogP contribution in [0.25, 0.3) is 0 Å². The number of rotatable bonds is 8. The van der Waals surface area contributed by atoms with Gasteiger partial charge in [0.1, 0.15) is 11.6 Å². The minimum absolute atomic E-state index is 0.0347. The van der Waals surface area contributed by atoms with Crippen molar-refractivity contribution >= 4 is 12.0 Å². The number of ether oxygens (including phenoxy) is 1. The topological polar surface area (TPSA) is 78.9 Å². The molecule has 1 heterocycles. The van der Waals surface area contributed by atoms with Crippen molar-refractivity contribution in [1.82, 2.24) is 10.2 Å². The number of nitrogens with one attached hydrogen (secondary N) is 1. The molecule has 1 rings (SSSR count). The Morgan fingerprint density at radius 2 is 2.04 bits per heavy atom. The van der Waals surface area contributed by atoms with Crippen LogP contribution in [0.15, 0.2) is 12.7 Å². The highest BCUT2D eigenvalue weighted by Gasteiger charge is 2.35. The summed E-state index contributed by atoms with van der Waals surface area (Å²) in [6, 6.07) is -0.652. The van der Waals surface area contributed by atoms with E-state index in [0.29, 0.717) is 25.4 Å². The van der Waals surface area contributed by atoms with E-state index < -0.39 is 23.8 Å². The maximum absolute atomic E-state index is 13.0. The molecule has 0 aromatic heterocycles. The Bertz CT molecular complexity index is 487. The molecule has 26 heavy (non-hydrogen) atoms. The molecular weight excluding hydrogens is 332 g/mol. The first kappa shape index (κ1) is 22.5. The molecule has 2 amide bonds. The van der Waals surface area contributed by atoms with Gasteiger partial charge in [0.05, 0.1) is 6.10 Å². The zero-order valence-electron chi connectivity index (χ0n) is 17.0. The predicted octanol–water partition coefficient (Wildman–Crippen LogP) is 3.10. The smallest absolute Gasteiger partial charge is 0.408 e. The number of nitrogens with zero attached hydrogens (tertiary/aromatic N) is 1. The summed E-state index contributed by atoms with van der Waals surface area (Å²) in [6.07, 6.45) is 4.16. The van der Waals surface area contributed by atoms with Crippen LogP contribution in [-0.2, 0) is 9.53 Å². The van der Waals surface area contributed by atoms with Gasteiger partial charge < -0.3 is 20.1 Å². The molecule has 1 unspecified atom stereocenters. The largest absolute Gasteiger partial charge is 0.444 e. The zero-order valence-corrected chi connectivity index (χ0v) is 17.0. The minimum Gasteiger partial charge on any atom is -0.444 e. The molecular formula is C20H36N2O4. The van der Waals surface area contributed by atoms with E-state index in [-0.39, 0.29) is 11.8 Å². The third-order valence-electron chi connectivity index (χ3n) is 4.62. The highest BCUT2D eigenvalue weighted by atomic mass is 16.6. The normalized spacial score (nSPS) is 21.0. The Morgan fingerprint density at radius 1 is 1.38 bits per heavy atom. The number of alkyl carbamates (subject to hydrolysis) is 1. The summed E-state index contributed by atoms with van der Waals surface area (Å²) in [7, 11) is 0. The number of amides is 2. The number of likely N-dealkylation sites (tertiary alicyclic amines) is 1. The first-order valence-electron chi connectivity index (χ1n) is 9.60. The van der Waals surface area contributed by atoms with E-state index in [0.717, 1.165) is 19.3 Å². The van der Waals surface area contributed by atoms with E-state index >= 15 is 0 Å². The maximum Gasteiger partial charge on any atom is 0.408 e. The van der Waals surface area contributed by atoms with Crippen molar-refractivity contribution in [3.8, 4) is 0 Å². The molecule has 0 radical (unpaired) electrons. The van der Waals surface area contributed by atoms with Gasteiger partial charge in [-0.25, -0.2) is 4.79 Å². The highest BCUT2D eigenvalue weighted by molar-refractivity contribution is 5.86. The maximum atomic E-state index is 13.0. The van der Waals surface area contributed by atoms with Gasteiger partial charge >= 0.3 is 6.09 Å². The van der Waals surface area contributed by atoms with Gasteiger partial charge in [-0.05, 0) is 58.3 Å². The van der Waals surface area contributed by atoms with E-state index in [1.54, 1.807) is 25.7 Å². The van der Waals surface area contributed by atoms with E-state index in [1.807, 2.05) is 13.0 Å². The molecule has 1 aliphatic rings. The van der Waals surface area contributed by atoms with Gasteiger partial charge in [-0.2, -0.15) is 0 Å². The molecule has 0 aliphatic carbocycles. The fourth-order valence-corrected chi connectivity index (χ4v) is 3.31. The molecule has 0 saturated carbocycles. The summed E-state index contributed by atoms with van der Waals surface area (Å²) in [5, 5.41) is 12.5. The SMILES string of the molecule is C=CCCC(C)C[C@@H](C)[C@H](NC(=O)OC(C)(C)C)C(=O)N1CC[C@@H](O)C1. The molecule has 6 nitrogen and oxygen atoms in total. The van der Waals surface area contributed by atoms with Crippen LogP contribution < -0.4 is 5.32 Å². The molecule has 150 valence electrons. The van der Waals surface area contributed by atoms with Gasteiger partial charge in [0, 0.05) is 13.1 Å². The van der Waals surface area contributed by atoms with Crippen LogP contribution in [0.1, 0.15) is 60.3 Å². The number of carbonyl (C=O) groups is 2. The highest BCUT2D eigenvalue weighted by Crippen LogP contribution is 2.22. The molecule has 0 bridgehead atoms. The van der Waals surface area contributed by atoms with E-state index in [1.165, 1.54) is 0 Å². The van der Waals surface area contributed by atoms with Gasteiger partial charge in [0.25, 0.3) is 0 Å². The average Bonchev–Trinajstić information content (AvgIpc) is 2.94. The summed E-state index contributed by atoms with van der Waals surface area (Å²) in [5.41, 5.74) is -0.623. The van der Waals surface area contributed by atoms with Crippen LogP contribution in [0.4, 0.5) is 4.79 Å². The van der Waals surface area contributed by atoms with Crippen LogP contribution in [0.3, 0.4) is 0 Å². The fraction of sp³-hybridized carbons (Fsp3) is 0.800. The van der Waals surface area contributed by atoms with Gasteiger partial charge in [0.2, 0.25) is 5.91 Å². The van der Waals surface area contributed by atoms with Crippen molar-refractivity contribution in [2.24, 2.45) is 11.8 Å². The monoisotopic (exact) mass is 368 g/mol. The molecule has 2 N–H and O–H groups in total. The number of carbonyl (C=O) groups excluding carboxylic acids is 2. The first-order valence-corrected chi connectivity index (χ1v) is 9.60. The quantitative estimate of drug-likeness (QED) is 0.645. The number of hydrogen-bond donors (Lipinski definition) is 2. The molecule has 1 fully saturated rings. The fourth-order valence-electron chi connectivity index (χ4n) is 3.31. The first-order chi connectivity index (χ1) is 12.0. The number of allylic oxidation sites excluding steroid dienone is 1. The molecule has 4 atom stereocenters. The molecule has 6 heteroatoms. The van der Waals surface area contributed by atoms with Crippen molar-refractivity contribution in [2.45, 2.75) is 78.0 Å². The summed E-state index contributed by atoms with van der Waals surface area (Å²) < 4.78 is 5.34. The van der Waals surface area contributed by atoms with Gasteiger partial charge in [-0.1, -0.05) is 19.9 Å². The number of aliphatic hydroxyl groups is 1. The molecule has 0 aromatic carbocycles. The minimum atomic E-state index is -0.652. The standard InChI is InChI=1S/C20H36N2O4/c1-7-8-9-14(2)12-15(3)17(21-19(25)26-20(4,5)6)18(24)22-11-10-16(23)13-22/h7,14-17,23H,1,8-13H2,2-6H3,(H,21,25)/t14?,15-,16-,17+/m1/s1. The van der Waals surface area contributed by atoms with Crippen LogP contribution in [-0.4, -0.2) is 52.8 Å². The van der Waals surface area contributed by atoms with Gasteiger partial charge in [-0.3, -0.25) is 4.79 Å². The molecule has 1 saturated heterocycles. The number of hydrogen-bond acceptors (Lipinski definition) is 4. The van der Waals surface area contributed by atoms with Gasteiger partial charge in [0.15, 0.2) is 0 Å². The van der Waals surface area contributed by atoms with Gasteiger partial charge in [-0.15, -0.1) is 6.58 Å². The Hall–Kier alpha value is -1.56. The molecule has 0 spiro atoms. The third-order valence-corrected chi connectivity index (χ3v) is 4.62. The number of β-amino-alcohol motifs (C(OH)–C–C–N with tert-alkyl or cyclic N) is 1. The summed E-state index contributed by atoms with van der Waals surface area (Å²) in [5.74, 6) is 0.242. The Kier molecular flexibility index (Phi) is 8.60. The van der Waals surface area contributed by atoms with Crippen molar-refractivity contribution in [1.29, 1.82) is 0 Å². The van der Waals surface area contributed by atoms with Crippen molar-refractivity contribution in [3.63, 3.8) is 0 Å². The van der Waals surface area contributed by atoms with Crippen LogP contribution in [0.2, 0.25) is 0 Å². The van der Waals surface area contributed by atoms with Crippen molar-refractivity contribution < 1.29 is 19.4 Å². The Morgan fingerprint density at radius 3 is 2.54 bits per heavy atom. The zero-order chi connectivity index (χ0) is 19.9. The Balaban J connectivity index is 2.81.